The van der Waals surface area contributed by atoms with Crippen molar-refractivity contribution in [3.63, 3.8) is 0 Å². The maximum Gasteiger partial charge on any atom is 0.404 e. The zero-order valence-corrected chi connectivity index (χ0v) is 17.4. The summed E-state index contributed by atoms with van der Waals surface area (Å²) in [5.41, 5.74) is 1.39. The number of nitriles is 1. The highest BCUT2D eigenvalue weighted by atomic mass is 16.5. The molecule has 8 heteroatoms. The molecule has 8 nitrogen and oxygen atoms in total. The second kappa shape index (κ2) is 8.41. The minimum atomic E-state index is -1.12. The van der Waals surface area contributed by atoms with Gasteiger partial charge in [0.05, 0.1) is 28.2 Å². The molecular formula is C22H24N4O4. The SMILES string of the molecule is Cc1nccc2c1c(=O)n(C)c1cc(OCC(CC(C)C)NC(=O)O)c(C#N)cc21. The summed E-state index contributed by atoms with van der Waals surface area (Å²) < 4.78 is 7.37. The number of rotatable bonds is 6. The standard InChI is InChI=1S/C22H24N4O4/c1-12(2)7-15(25-22(28)29)11-30-19-9-18-17(8-14(19)10-23)16-5-6-24-13(3)20(16)21(27)26(18)4/h5-6,8-9,12,15,25H,7,11H2,1-4H3,(H,28,29). The molecule has 0 aliphatic rings. The van der Waals surface area contributed by atoms with Crippen LogP contribution < -0.4 is 15.6 Å². The summed E-state index contributed by atoms with van der Waals surface area (Å²) in [5, 5.41) is 23.2. The van der Waals surface area contributed by atoms with Crippen LogP contribution in [0.4, 0.5) is 4.79 Å². The van der Waals surface area contributed by atoms with E-state index in [0.717, 1.165) is 10.8 Å². The van der Waals surface area contributed by atoms with E-state index >= 15 is 0 Å². The first-order valence-corrected chi connectivity index (χ1v) is 9.67. The van der Waals surface area contributed by atoms with Crippen LogP contribution in [0.1, 0.15) is 31.5 Å². The predicted octanol–water partition coefficient (Wildman–Crippen LogP) is 3.33. The largest absolute Gasteiger partial charge is 0.490 e. The molecule has 0 radical (unpaired) electrons. The van der Waals surface area contributed by atoms with E-state index in [1.54, 1.807) is 38.4 Å². The quantitative estimate of drug-likeness (QED) is 0.604. The van der Waals surface area contributed by atoms with Crippen molar-refractivity contribution in [2.24, 2.45) is 13.0 Å². The van der Waals surface area contributed by atoms with Gasteiger partial charge in [-0.2, -0.15) is 5.26 Å². The minimum absolute atomic E-state index is 0.0786. The Morgan fingerprint density at radius 1 is 1.37 bits per heavy atom. The molecule has 0 saturated heterocycles. The maximum atomic E-state index is 12.9. The fourth-order valence-electron chi connectivity index (χ4n) is 3.71. The van der Waals surface area contributed by atoms with E-state index in [1.165, 1.54) is 4.57 Å². The molecule has 0 aliphatic heterocycles. The van der Waals surface area contributed by atoms with Crippen molar-refractivity contribution in [1.82, 2.24) is 14.9 Å². The Hall–Kier alpha value is -3.60. The third-order valence-corrected chi connectivity index (χ3v) is 5.05. The van der Waals surface area contributed by atoms with Crippen LogP contribution in [0.5, 0.6) is 5.75 Å². The molecule has 0 aliphatic carbocycles. The highest BCUT2D eigenvalue weighted by molar-refractivity contribution is 6.07. The van der Waals surface area contributed by atoms with Crippen molar-refractivity contribution in [3.05, 3.63) is 46.0 Å². The fraction of sp³-hybridized carbons (Fsp3) is 0.364. The van der Waals surface area contributed by atoms with E-state index < -0.39 is 12.1 Å². The molecule has 1 amide bonds. The maximum absolute atomic E-state index is 12.9. The number of aryl methyl sites for hydroxylation is 2. The molecule has 3 aromatic rings. The van der Waals surface area contributed by atoms with Gasteiger partial charge in [-0.05, 0) is 36.8 Å². The van der Waals surface area contributed by atoms with Gasteiger partial charge in [-0.25, -0.2) is 4.79 Å². The second-order valence-electron chi connectivity index (χ2n) is 7.75. The van der Waals surface area contributed by atoms with Gasteiger partial charge in [0.1, 0.15) is 18.4 Å². The van der Waals surface area contributed by atoms with E-state index in [1.807, 2.05) is 13.8 Å². The predicted molar refractivity (Wildman–Crippen MR) is 114 cm³/mol. The Kier molecular flexibility index (Phi) is 5.92. The summed E-state index contributed by atoms with van der Waals surface area (Å²) in [7, 11) is 1.67. The molecule has 0 bridgehead atoms. The van der Waals surface area contributed by atoms with Crippen LogP contribution in [0, 0.1) is 24.2 Å². The van der Waals surface area contributed by atoms with Crippen molar-refractivity contribution < 1.29 is 14.6 Å². The van der Waals surface area contributed by atoms with E-state index in [4.69, 9.17) is 9.84 Å². The molecule has 1 atom stereocenters. The van der Waals surface area contributed by atoms with Crippen LogP contribution in [-0.4, -0.2) is 33.4 Å². The molecule has 2 aromatic heterocycles. The monoisotopic (exact) mass is 408 g/mol. The van der Waals surface area contributed by atoms with Gasteiger partial charge >= 0.3 is 6.09 Å². The Balaban J connectivity index is 2.09. The number of pyridine rings is 2. The minimum Gasteiger partial charge on any atom is -0.490 e. The summed E-state index contributed by atoms with van der Waals surface area (Å²) >= 11 is 0. The number of carboxylic acid groups (broad SMARTS) is 1. The average Bonchev–Trinajstić information content (AvgIpc) is 2.68. The lowest BCUT2D eigenvalue weighted by Crippen LogP contribution is -2.39. The van der Waals surface area contributed by atoms with Crippen molar-refractivity contribution in [2.75, 3.05) is 6.61 Å². The van der Waals surface area contributed by atoms with Gasteiger partial charge in [0.2, 0.25) is 0 Å². The van der Waals surface area contributed by atoms with Gasteiger partial charge in [0.25, 0.3) is 5.56 Å². The molecule has 30 heavy (non-hydrogen) atoms. The number of amides is 1. The summed E-state index contributed by atoms with van der Waals surface area (Å²) in [6.07, 6.45) is 1.11. The van der Waals surface area contributed by atoms with Crippen LogP contribution in [-0.2, 0) is 7.05 Å². The number of nitrogens with zero attached hydrogens (tertiary/aromatic N) is 3. The molecule has 3 rings (SSSR count). The number of hydrogen-bond donors (Lipinski definition) is 2. The molecule has 156 valence electrons. The van der Waals surface area contributed by atoms with Gasteiger partial charge < -0.3 is 19.7 Å². The van der Waals surface area contributed by atoms with Gasteiger partial charge in [0, 0.05) is 24.7 Å². The highest BCUT2D eigenvalue weighted by Crippen LogP contribution is 2.30. The fourth-order valence-corrected chi connectivity index (χ4v) is 3.71. The lowest BCUT2D eigenvalue weighted by molar-refractivity contribution is 0.176. The number of nitrogens with one attached hydrogen (secondary N) is 1. The topological polar surface area (TPSA) is 117 Å². The first-order chi connectivity index (χ1) is 14.2. The second-order valence-corrected chi connectivity index (χ2v) is 7.75. The highest BCUT2D eigenvalue weighted by Gasteiger charge is 2.18. The zero-order valence-electron chi connectivity index (χ0n) is 17.4. The summed E-state index contributed by atoms with van der Waals surface area (Å²) in [6.45, 7) is 5.84. The van der Waals surface area contributed by atoms with E-state index in [-0.39, 0.29) is 18.1 Å². The van der Waals surface area contributed by atoms with Crippen molar-refractivity contribution in [2.45, 2.75) is 33.2 Å². The van der Waals surface area contributed by atoms with Gasteiger partial charge in [-0.1, -0.05) is 13.8 Å². The van der Waals surface area contributed by atoms with E-state index in [9.17, 15) is 14.9 Å². The lowest BCUT2D eigenvalue weighted by Gasteiger charge is -2.20. The molecule has 2 heterocycles. The van der Waals surface area contributed by atoms with Crippen molar-refractivity contribution in [1.29, 1.82) is 5.26 Å². The molecule has 1 unspecified atom stereocenters. The Morgan fingerprint density at radius 3 is 2.73 bits per heavy atom. The summed E-state index contributed by atoms with van der Waals surface area (Å²) in [4.78, 5) is 28.2. The van der Waals surface area contributed by atoms with Crippen LogP contribution in [0.25, 0.3) is 21.7 Å². The molecule has 1 aromatic carbocycles. The first kappa shape index (κ1) is 21.1. The zero-order chi connectivity index (χ0) is 22.0. The number of carbonyl (C=O) groups is 1. The van der Waals surface area contributed by atoms with Crippen LogP contribution >= 0.6 is 0 Å². The van der Waals surface area contributed by atoms with E-state index in [2.05, 4.69) is 16.4 Å². The molecule has 0 saturated carbocycles. The van der Waals surface area contributed by atoms with Crippen molar-refractivity contribution >= 4 is 27.8 Å². The number of aromatic nitrogens is 2. The molecular weight excluding hydrogens is 384 g/mol. The van der Waals surface area contributed by atoms with Crippen LogP contribution in [0.15, 0.2) is 29.2 Å². The smallest absolute Gasteiger partial charge is 0.404 e. The molecule has 0 spiro atoms. The van der Waals surface area contributed by atoms with E-state index in [0.29, 0.717) is 34.3 Å². The number of fused-ring (bicyclic) bond motifs is 3. The Labute approximate surface area is 173 Å². The lowest BCUT2D eigenvalue weighted by atomic mass is 10.0. The molecule has 2 N–H and O–H groups in total. The Morgan fingerprint density at radius 2 is 2.10 bits per heavy atom. The molecule has 0 fully saturated rings. The number of ether oxygens (including phenoxy) is 1. The average molecular weight is 408 g/mol. The van der Waals surface area contributed by atoms with Gasteiger partial charge in [-0.15, -0.1) is 0 Å². The normalized spacial score (nSPS) is 12.1. The van der Waals surface area contributed by atoms with Crippen molar-refractivity contribution in [3.8, 4) is 11.8 Å². The van der Waals surface area contributed by atoms with Crippen LogP contribution in [0.2, 0.25) is 0 Å². The van der Waals surface area contributed by atoms with Crippen LogP contribution in [0.3, 0.4) is 0 Å². The van der Waals surface area contributed by atoms with Gasteiger partial charge in [-0.3, -0.25) is 9.78 Å². The summed E-state index contributed by atoms with van der Waals surface area (Å²) in [5.74, 6) is 0.576. The Bertz CT molecular complexity index is 1220. The third-order valence-electron chi connectivity index (χ3n) is 5.05. The number of hydrogen-bond acceptors (Lipinski definition) is 5. The third kappa shape index (κ3) is 4.06. The summed E-state index contributed by atoms with van der Waals surface area (Å²) in [6, 6.07) is 6.86. The number of benzene rings is 1. The van der Waals surface area contributed by atoms with Gasteiger partial charge in [0.15, 0.2) is 0 Å². The first-order valence-electron chi connectivity index (χ1n) is 9.67.